The third-order valence-electron chi connectivity index (χ3n) is 6.30. The van der Waals surface area contributed by atoms with Gasteiger partial charge in [0.05, 0.1) is 31.2 Å². The van der Waals surface area contributed by atoms with Gasteiger partial charge in [-0.1, -0.05) is 12.1 Å². The van der Waals surface area contributed by atoms with Crippen molar-refractivity contribution in [2.45, 2.75) is 13.0 Å². The SMILES string of the molecule is COc1ccc([C@H]2[C@@H]3CN(CC(=O)Nc4cnn(C)c4C)C[C@@H]3CN2C)cc1.Cl. The fraction of sp³-hybridized carbons (Fsp3) is 0.524. The van der Waals surface area contributed by atoms with Gasteiger partial charge in [-0.2, -0.15) is 5.10 Å². The van der Waals surface area contributed by atoms with Crippen molar-refractivity contribution >= 4 is 24.0 Å². The zero-order chi connectivity index (χ0) is 19.8. The van der Waals surface area contributed by atoms with E-state index in [1.807, 2.05) is 26.1 Å². The molecule has 3 heterocycles. The molecule has 1 amide bonds. The molecular formula is C21H30ClN5O2. The van der Waals surface area contributed by atoms with E-state index in [1.54, 1.807) is 18.0 Å². The summed E-state index contributed by atoms with van der Waals surface area (Å²) in [6, 6.07) is 8.80. The van der Waals surface area contributed by atoms with Crippen LogP contribution in [0.2, 0.25) is 0 Å². The molecule has 2 aliphatic rings. The number of carbonyl (C=O) groups is 1. The van der Waals surface area contributed by atoms with Gasteiger partial charge in [0.25, 0.3) is 0 Å². The summed E-state index contributed by atoms with van der Waals surface area (Å²) in [5.74, 6) is 2.07. The number of nitrogens with zero attached hydrogens (tertiary/aromatic N) is 4. The van der Waals surface area contributed by atoms with Gasteiger partial charge in [-0.3, -0.25) is 19.3 Å². The molecule has 2 aromatic rings. The van der Waals surface area contributed by atoms with Gasteiger partial charge in [-0.05, 0) is 43.5 Å². The molecule has 1 aromatic heterocycles. The van der Waals surface area contributed by atoms with E-state index >= 15 is 0 Å². The lowest BCUT2D eigenvalue weighted by molar-refractivity contribution is -0.117. The van der Waals surface area contributed by atoms with Crippen molar-refractivity contribution in [1.82, 2.24) is 19.6 Å². The maximum absolute atomic E-state index is 12.5. The number of halogens is 1. The molecule has 0 aliphatic carbocycles. The number of aryl methyl sites for hydroxylation is 1. The number of likely N-dealkylation sites (tertiary alicyclic amines) is 2. The van der Waals surface area contributed by atoms with Crippen molar-refractivity contribution < 1.29 is 9.53 Å². The Kier molecular flexibility index (Phi) is 6.51. The van der Waals surface area contributed by atoms with E-state index in [1.165, 1.54) is 5.56 Å². The Labute approximate surface area is 178 Å². The third kappa shape index (κ3) is 4.27. The molecule has 0 saturated carbocycles. The highest BCUT2D eigenvalue weighted by Crippen LogP contribution is 2.44. The second-order valence-corrected chi connectivity index (χ2v) is 8.09. The van der Waals surface area contributed by atoms with E-state index in [0.717, 1.165) is 36.8 Å². The van der Waals surface area contributed by atoms with Gasteiger partial charge >= 0.3 is 0 Å². The number of rotatable bonds is 5. The monoisotopic (exact) mass is 419 g/mol. The Morgan fingerprint density at radius 2 is 1.93 bits per heavy atom. The van der Waals surface area contributed by atoms with Gasteiger partial charge in [-0.15, -0.1) is 12.4 Å². The number of nitrogens with one attached hydrogen (secondary N) is 1. The Hall–Kier alpha value is -2.09. The number of fused-ring (bicyclic) bond motifs is 1. The molecule has 7 nitrogen and oxygen atoms in total. The summed E-state index contributed by atoms with van der Waals surface area (Å²) < 4.78 is 7.06. The molecule has 0 unspecified atom stereocenters. The van der Waals surface area contributed by atoms with Crippen LogP contribution >= 0.6 is 12.4 Å². The minimum Gasteiger partial charge on any atom is -0.497 e. The summed E-state index contributed by atoms with van der Waals surface area (Å²) in [4.78, 5) is 17.3. The molecule has 0 bridgehead atoms. The quantitative estimate of drug-likeness (QED) is 0.805. The molecule has 2 saturated heterocycles. The van der Waals surface area contributed by atoms with Crippen LogP contribution in [0.25, 0.3) is 0 Å². The lowest BCUT2D eigenvalue weighted by Crippen LogP contribution is -2.34. The fourth-order valence-electron chi connectivity index (χ4n) is 4.80. The van der Waals surface area contributed by atoms with Crippen LogP contribution in [-0.2, 0) is 11.8 Å². The van der Waals surface area contributed by atoms with Crippen LogP contribution in [0.4, 0.5) is 5.69 Å². The molecular weight excluding hydrogens is 390 g/mol. The summed E-state index contributed by atoms with van der Waals surface area (Å²) in [7, 11) is 5.78. The first-order valence-electron chi connectivity index (χ1n) is 9.81. The smallest absolute Gasteiger partial charge is 0.238 e. The first-order valence-corrected chi connectivity index (χ1v) is 9.81. The fourth-order valence-corrected chi connectivity index (χ4v) is 4.80. The third-order valence-corrected chi connectivity index (χ3v) is 6.30. The Bertz CT molecular complexity index is 853. The average Bonchev–Trinajstić information content (AvgIpc) is 3.29. The Morgan fingerprint density at radius 1 is 1.21 bits per heavy atom. The van der Waals surface area contributed by atoms with E-state index in [0.29, 0.717) is 24.4 Å². The summed E-state index contributed by atoms with van der Waals surface area (Å²) in [6.45, 7) is 5.38. The summed E-state index contributed by atoms with van der Waals surface area (Å²) in [6.07, 6.45) is 1.71. The van der Waals surface area contributed by atoms with E-state index in [-0.39, 0.29) is 18.3 Å². The predicted molar refractivity (Wildman–Crippen MR) is 116 cm³/mol. The van der Waals surface area contributed by atoms with Crippen LogP contribution in [0.3, 0.4) is 0 Å². The second kappa shape index (κ2) is 8.73. The minimum atomic E-state index is 0. The number of hydrogen-bond donors (Lipinski definition) is 1. The lowest BCUT2D eigenvalue weighted by atomic mass is 9.89. The van der Waals surface area contributed by atoms with Crippen molar-refractivity contribution in [3.05, 3.63) is 41.7 Å². The Morgan fingerprint density at radius 3 is 2.55 bits per heavy atom. The number of carbonyl (C=O) groups excluding carboxylic acids is 1. The van der Waals surface area contributed by atoms with Crippen LogP contribution in [0, 0.1) is 18.8 Å². The molecule has 3 atom stereocenters. The highest BCUT2D eigenvalue weighted by molar-refractivity contribution is 5.92. The maximum atomic E-state index is 12.5. The summed E-state index contributed by atoms with van der Waals surface area (Å²) >= 11 is 0. The first kappa shape index (κ1) is 21.6. The number of benzene rings is 1. The van der Waals surface area contributed by atoms with Gasteiger partial charge in [0, 0.05) is 32.7 Å². The van der Waals surface area contributed by atoms with Crippen molar-refractivity contribution in [3.8, 4) is 5.75 Å². The standard InChI is InChI=1S/C21H29N5O2.ClH/c1-14-19(9-22-25(14)3)23-20(27)13-26-11-16-10-24(2)21(18(16)12-26)15-5-7-17(28-4)8-6-15;/h5-9,16,18,21H,10-13H2,1-4H3,(H,23,27);1H/t16-,18+,21-;/m0./s1. The molecule has 2 fully saturated rings. The number of anilines is 1. The molecule has 2 aliphatic heterocycles. The van der Waals surface area contributed by atoms with E-state index in [4.69, 9.17) is 4.74 Å². The predicted octanol–water partition coefficient (Wildman–Crippen LogP) is 2.33. The second-order valence-electron chi connectivity index (χ2n) is 8.09. The van der Waals surface area contributed by atoms with Crippen LogP contribution in [0.15, 0.2) is 30.5 Å². The molecule has 1 aromatic carbocycles. The number of ether oxygens (including phenoxy) is 1. The van der Waals surface area contributed by atoms with Gasteiger partial charge in [-0.25, -0.2) is 0 Å². The first-order chi connectivity index (χ1) is 13.5. The molecule has 4 rings (SSSR count). The summed E-state index contributed by atoms with van der Waals surface area (Å²) in [5, 5.41) is 7.19. The normalized spacial score (nSPS) is 24.2. The maximum Gasteiger partial charge on any atom is 0.238 e. The van der Waals surface area contributed by atoms with Crippen LogP contribution in [-0.4, -0.2) is 65.8 Å². The van der Waals surface area contributed by atoms with E-state index < -0.39 is 0 Å². The highest BCUT2D eigenvalue weighted by atomic mass is 35.5. The van der Waals surface area contributed by atoms with Crippen LogP contribution in [0.1, 0.15) is 17.3 Å². The molecule has 0 radical (unpaired) electrons. The molecule has 0 spiro atoms. The van der Waals surface area contributed by atoms with Gasteiger partial charge in [0.2, 0.25) is 5.91 Å². The van der Waals surface area contributed by atoms with Crippen LogP contribution in [0.5, 0.6) is 5.75 Å². The largest absolute Gasteiger partial charge is 0.497 e. The molecule has 1 N–H and O–H groups in total. The van der Waals surface area contributed by atoms with E-state index in [9.17, 15) is 4.79 Å². The number of aromatic nitrogens is 2. The lowest BCUT2D eigenvalue weighted by Gasteiger charge is -2.26. The zero-order valence-electron chi connectivity index (χ0n) is 17.5. The van der Waals surface area contributed by atoms with Crippen molar-refractivity contribution in [2.24, 2.45) is 18.9 Å². The van der Waals surface area contributed by atoms with Gasteiger partial charge in [0.15, 0.2) is 0 Å². The number of methoxy groups -OCH3 is 1. The topological polar surface area (TPSA) is 62.6 Å². The Balaban J connectivity index is 0.00000240. The molecule has 29 heavy (non-hydrogen) atoms. The number of amides is 1. The van der Waals surface area contributed by atoms with E-state index in [2.05, 4.69) is 39.4 Å². The molecule has 8 heteroatoms. The highest BCUT2D eigenvalue weighted by Gasteiger charge is 2.46. The van der Waals surface area contributed by atoms with Crippen molar-refractivity contribution in [3.63, 3.8) is 0 Å². The summed E-state index contributed by atoms with van der Waals surface area (Å²) in [5.41, 5.74) is 3.09. The van der Waals surface area contributed by atoms with Crippen molar-refractivity contribution in [2.75, 3.05) is 45.7 Å². The number of hydrogen-bond acceptors (Lipinski definition) is 5. The van der Waals surface area contributed by atoms with Gasteiger partial charge in [0.1, 0.15) is 5.75 Å². The minimum absolute atomic E-state index is 0. The zero-order valence-corrected chi connectivity index (χ0v) is 18.3. The van der Waals surface area contributed by atoms with Crippen LogP contribution < -0.4 is 10.1 Å². The molecule has 158 valence electrons. The average molecular weight is 420 g/mol. The van der Waals surface area contributed by atoms with Crippen molar-refractivity contribution in [1.29, 1.82) is 0 Å². The van der Waals surface area contributed by atoms with Gasteiger partial charge < -0.3 is 10.1 Å².